The van der Waals surface area contributed by atoms with E-state index in [1.807, 2.05) is 24.3 Å². The van der Waals surface area contributed by atoms with Crippen LogP contribution in [0.4, 0.5) is 4.39 Å². The van der Waals surface area contributed by atoms with Gasteiger partial charge in [0.05, 0.1) is 12.9 Å². The van der Waals surface area contributed by atoms with Crippen molar-refractivity contribution in [3.05, 3.63) is 89.4 Å². The number of rotatable bonds is 15. The summed E-state index contributed by atoms with van der Waals surface area (Å²) in [6, 6.07) is 7.89. The van der Waals surface area contributed by atoms with Crippen molar-refractivity contribution in [2.24, 2.45) is 16.5 Å². The van der Waals surface area contributed by atoms with Crippen molar-refractivity contribution in [3.63, 3.8) is 0 Å². The topological polar surface area (TPSA) is 254 Å². The number of carboxylic acid groups (broad SMARTS) is 1. The molecule has 274 valence electrons. The van der Waals surface area contributed by atoms with Crippen molar-refractivity contribution >= 4 is 46.5 Å². The van der Waals surface area contributed by atoms with Gasteiger partial charge in [0, 0.05) is 61.2 Å². The molecule has 0 fully saturated rings. The van der Waals surface area contributed by atoms with Gasteiger partial charge in [-0.15, -0.1) is 0 Å². The molecule has 0 saturated carbocycles. The fourth-order valence-corrected chi connectivity index (χ4v) is 6.30. The largest absolute Gasteiger partial charge is 0.480 e. The van der Waals surface area contributed by atoms with Crippen LogP contribution in [0.5, 0.6) is 0 Å². The number of para-hydroxylation sites is 1. The summed E-state index contributed by atoms with van der Waals surface area (Å²) in [5, 5.41) is 19.1. The average Bonchev–Trinajstić information content (AvgIpc) is 3.76. The van der Waals surface area contributed by atoms with E-state index in [2.05, 4.69) is 35.9 Å². The lowest BCUT2D eigenvalue weighted by Gasteiger charge is -2.36. The molecular formula is C35H41FN10O6. The number of amides is 4. The Balaban J connectivity index is 1.43. The first-order valence-corrected chi connectivity index (χ1v) is 16.7. The van der Waals surface area contributed by atoms with Crippen molar-refractivity contribution in [3.8, 4) is 0 Å². The molecule has 17 heteroatoms. The first kappa shape index (κ1) is 37.0. The minimum absolute atomic E-state index is 0.0231. The number of hydrogen-bond donors (Lipinski definition) is 8. The lowest BCUT2D eigenvalue weighted by Crippen LogP contribution is -2.59. The number of hydrogen-bond acceptors (Lipinski definition) is 7. The number of aromatic amines is 2. The molecule has 2 aromatic heterocycles. The number of carbonyl (C=O) groups excluding carboxylic acids is 4. The van der Waals surface area contributed by atoms with Gasteiger partial charge in [0.15, 0.2) is 5.96 Å². The second kappa shape index (κ2) is 16.6. The molecular weight excluding hydrogens is 675 g/mol. The number of guanidine groups is 1. The lowest BCUT2D eigenvalue weighted by atomic mass is 9.95. The zero-order valence-electron chi connectivity index (χ0n) is 28.4. The van der Waals surface area contributed by atoms with Crippen LogP contribution < -0.4 is 27.4 Å². The van der Waals surface area contributed by atoms with E-state index in [0.717, 1.165) is 16.5 Å². The zero-order chi connectivity index (χ0) is 37.4. The fourth-order valence-electron chi connectivity index (χ4n) is 6.30. The van der Waals surface area contributed by atoms with Crippen LogP contribution in [0.3, 0.4) is 0 Å². The zero-order valence-corrected chi connectivity index (χ0v) is 28.4. The summed E-state index contributed by atoms with van der Waals surface area (Å²) in [6.07, 6.45) is 3.14. The molecule has 0 saturated heterocycles. The maximum atomic E-state index is 14.3. The van der Waals surface area contributed by atoms with Gasteiger partial charge in [0.1, 0.15) is 30.0 Å². The quantitative estimate of drug-likeness (QED) is 0.0480. The third-order valence-electron chi connectivity index (χ3n) is 8.79. The Kier molecular flexibility index (Phi) is 11.8. The molecule has 1 aliphatic rings. The Morgan fingerprint density at radius 2 is 1.69 bits per heavy atom. The van der Waals surface area contributed by atoms with Gasteiger partial charge in [-0.1, -0.05) is 30.3 Å². The van der Waals surface area contributed by atoms with Crippen molar-refractivity contribution in [1.29, 1.82) is 0 Å². The summed E-state index contributed by atoms with van der Waals surface area (Å²) < 4.78 is 13.8. The van der Waals surface area contributed by atoms with Crippen LogP contribution in [0.2, 0.25) is 0 Å². The summed E-state index contributed by atoms with van der Waals surface area (Å²) in [6.45, 7) is 1.32. The maximum absolute atomic E-state index is 14.3. The molecule has 0 radical (unpaired) electrons. The van der Waals surface area contributed by atoms with E-state index in [4.69, 9.17) is 11.5 Å². The van der Waals surface area contributed by atoms with E-state index in [1.165, 1.54) is 48.6 Å². The number of nitrogens with zero attached hydrogens (tertiary/aromatic N) is 3. The van der Waals surface area contributed by atoms with E-state index in [1.54, 1.807) is 0 Å². The Labute approximate surface area is 297 Å². The normalized spacial score (nSPS) is 15.5. The summed E-state index contributed by atoms with van der Waals surface area (Å²) in [5.41, 5.74) is 14.3. The minimum atomic E-state index is -1.30. The molecule has 52 heavy (non-hydrogen) atoms. The molecule has 16 nitrogen and oxygen atoms in total. The molecule has 4 amide bonds. The molecule has 4 atom stereocenters. The van der Waals surface area contributed by atoms with Crippen LogP contribution in [0.15, 0.2) is 66.0 Å². The monoisotopic (exact) mass is 716 g/mol. The highest BCUT2D eigenvalue weighted by molar-refractivity contribution is 5.96. The second-order valence-electron chi connectivity index (χ2n) is 12.6. The maximum Gasteiger partial charge on any atom is 0.326 e. The Bertz CT molecular complexity index is 1940. The molecule has 10 N–H and O–H groups in total. The number of aliphatic carboxylic acids is 1. The predicted molar refractivity (Wildman–Crippen MR) is 188 cm³/mol. The number of H-pyrrole nitrogens is 2. The van der Waals surface area contributed by atoms with E-state index < -0.39 is 59.6 Å². The number of carboxylic acids is 1. The highest BCUT2D eigenvalue weighted by Crippen LogP contribution is 2.31. The van der Waals surface area contributed by atoms with Crippen LogP contribution >= 0.6 is 0 Å². The molecule has 1 aliphatic heterocycles. The smallest absolute Gasteiger partial charge is 0.326 e. The molecule has 0 bridgehead atoms. The Hall–Kier alpha value is -6.26. The van der Waals surface area contributed by atoms with Gasteiger partial charge in [0.25, 0.3) is 0 Å². The van der Waals surface area contributed by atoms with Gasteiger partial charge < -0.3 is 47.4 Å². The van der Waals surface area contributed by atoms with Gasteiger partial charge in [-0.2, -0.15) is 0 Å². The standard InChI is InChI=1S/C35H41FN10O6/c1-19(47)42-28(14-22-16-39-18-41-22)32(49)45-27(13-20-8-10-21(36)11-9-20)31(48)44-26(7-4-12-40-35(37)38)33(50)46-17-29-24(15-30(46)34(51)52)23-5-2-3-6-25(23)43-29/h2-3,5-6,8-11,16,18,26-28,30,43H,4,7,12-15,17H2,1H3,(H,39,41)(H,42,47)(H,44,48)(H,45,49)(H,51,52)(H4,37,38,40)/t26-,27+,28-,30?/m0/s1. The van der Waals surface area contributed by atoms with Crippen molar-refractivity contribution in [1.82, 2.24) is 35.8 Å². The van der Waals surface area contributed by atoms with Crippen molar-refractivity contribution in [2.45, 2.75) is 69.7 Å². The van der Waals surface area contributed by atoms with Crippen LogP contribution in [0, 0.1) is 5.82 Å². The highest BCUT2D eigenvalue weighted by Gasteiger charge is 2.40. The number of halogens is 1. The predicted octanol–water partition coefficient (Wildman–Crippen LogP) is 0.381. The number of benzene rings is 2. The number of carbonyl (C=O) groups is 5. The summed E-state index contributed by atoms with van der Waals surface area (Å²) in [5.74, 6) is -4.48. The molecule has 0 spiro atoms. The molecule has 4 aromatic rings. The molecule has 0 aliphatic carbocycles. The first-order valence-electron chi connectivity index (χ1n) is 16.7. The van der Waals surface area contributed by atoms with Gasteiger partial charge in [0.2, 0.25) is 23.6 Å². The number of nitrogens with two attached hydrogens (primary N) is 2. The van der Waals surface area contributed by atoms with Crippen LogP contribution in [0.25, 0.3) is 10.9 Å². The molecule has 5 rings (SSSR count). The molecule has 2 aromatic carbocycles. The van der Waals surface area contributed by atoms with Gasteiger partial charge in [-0.05, 0) is 42.2 Å². The number of imidazole rings is 1. The van der Waals surface area contributed by atoms with E-state index in [9.17, 15) is 33.5 Å². The summed E-state index contributed by atoms with van der Waals surface area (Å²) in [7, 11) is 0. The third-order valence-corrected chi connectivity index (χ3v) is 8.79. The first-order chi connectivity index (χ1) is 24.9. The number of aromatic nitrogens is 3. The van der Waals surface area contributed by atoms with Crippen LogP contribution in [0.1, 0.15) is 42.3 Å². The summed E-state index contributed by atoms with van der Waals surface area (Å²) >= 11 is 0. The van der Waals surface area contributed by atoms with Gasteiger partial charge in [-0.3, -0.25) is 24.2 Å². The van der Waals surface area contributed by atoms with Crippen molar-refractivity contribution < 1.29 is 33.5 Å². The third kappa shape index (κ3) is 9.29. The van der Waals surface area contributed by atoms with E-state index in [-0.39, 0.29) is 51.2 Å². The minimum Gasteiger partial charge on any atom is -0.480 e. The average molecular weight is 717 g/mol. The van der Waals surface area contributed by atoms with Gasteiger partial charge in [-0.25, -0.2) is 14.2 Å². The number of nitrogens with one attached hydrogen (secondary N) is 5. The fraction of sp³-hybridized carbons (Fsp3) is 0.343. The molecule has 3 heterocycles. The highest BCUT2D eigenvalue weighted by atomic mass is 19.1. The lowest BCUT2D eigenvalue weighted by molar-refractivity contribution is -0.153. The number of fused-ring (bicyclic) bond motifs is 3. The summed E-state index contributed by atoms with van der Waals surface area (Å²) in [4.78, 5) is 82.0. The second-order valence-corrected chi connectivity index (χ2v) is 12.6. The Morgan fingerprint density at radius 3 is 2.35 bits per heavy atom. The van der Waals surface area contributed by atoms with Crippen molar-refractivity contribution in [2.75, 3.05) is 6.54 Å². The van der Waals surface area contributed by atoms with Crippen LogP contribution in [-0.4, -0.2) is 91.2 Å². The number of aliphatic imine (C=N–C) groups is 1. The van der Waals surface area contributed by atoms with E-state index >= 15 is 0 Å². The van der Waals surface area contributed by atoms with E-state index in [0.29, 0.717) is 17.0 Å². The van der Waals surface area contributed by atoms with Crippen LogP contribution in [-0.2, 0) is 49.8 Å². The Morgan fingerprint density at radius 1 is 1.00 bits per heavy atom. The molecule has 1 unspecified atom stereocenters. The SMILES string of the molecule is CC(=O)N[C@@H](Cc1cnc[nH]1)C(=O)N[C@H](Cc1ccc(F)cc1)C(=O)N[C@@H](CCCN=C(N)N)C(=O)N1Cc2[nH]c3ccccc3c2CC1C(=O)O. The van der Waals surface area contributed by atoms with Gasteiger partial charge >= 0.3 is 5.97 Å².